The van der Waals surface area contributed by atoms with Crippen molar-refractivity contribution in [1.82, 2.24) is 9.88 Å². The van der Waals surface area contributed by atoms with Gasteiger partial charge < -0.3 is 20.1 Å². The van der Waals surface area contributed by atoms with Gasteiger partial charge in [0.25, 0.3) is 5.91 Å². The lowest BCUT2D eigenvalue weighted by atomic mass is 9.83. The van der Waals surface area contributed by atoms with Crippen molar-refractivity contribution in [1.29, 1.82) is 0 Å². The Morgan fingerprint density at radius 1 is 1.05 bits per heavy atom. The molecule has 10 nitrogen and oxygen atoms in total. The predicted octanol–water partition coefficient (Wildman–Crippen LogP) is 3.15. The van der Waals surface area contributed by atoms with Crippen LogP contribution in [0.4, 0.5) is 18.9 Å². The van der Waals surface area contributed by atoms with Crippen LogP contribution in [0.2, 0.25) is 0 Å². The lowest BCUT2D eigenvalue weighted by molar-refractivity contribution is -0.149. The Hall–Kier alpha value is -4.11. The number of nitrogens with one attached hydrogen (secondary N) is 2. The van der Waals surface area contributed by atoms with Crippen LogP contribution in [0.25, 0.3) is 0 Å². The van der Waals surface area contributed by atoms with Crippen LogP contribution in [-0.4, -0.2) is 57.1 Å². The minimum absolute atomic E-state index is 0.202. The number of carboxylic acid groups (broad SMARTS) is 1. The summed E-state index contributed by atoms with van der Waals surface area (Å²) in [5, 5.41) is 10.8. The molecular formula is C25H18F3N3O7S2. The zero-order valence-corrected chi connectivity index (χ0v) is 21.7. The van der Waals surface area contributed by atoms with Gasteiger partial charge in [0.15, 0.2) is 6.61 Å². The normalized spacial score (nSPS) is 20.2. The van der Waals surface area contributed by atoms with E-state index in [9.17, 15) is 37.1 Å². The minimum atomic E-state index is -4.65. The summed E-state index contributed by atoms with van der Waals surface area (Å²) in [5.74, 6) is -4.92. The molecule has 0 aliphatic carbocycles. The highest BCUT2D eigenvalue weighted by Gasteiger charge is 2.56. The van der Waals surface area contributed by atoms with Gasteiger partial charge in [0.2, 0.25) is 11.8 Å². The number of para-hydroxylation sites is 1. The number of carboxylic acids is 1. The van der Waals surface area contributed by atoms with Crippen molar-refractivity contribution in [3.63, 3.8) is 0 Å². The molecule has 3 amide bonds. The topological polar surface area (TPSA) is 146 Å². The number of nitrogens with zero attached hydrogens (tertiary/aromatic N) is 1. The number of thiazole rings is 1. The summed E-state index contributed by atoms with van der Waals surface area (Å²) in [6.45, 7) is -1.36. The number of aromatic amines is 1. The Morgan fingerprint density at radius 2 is 1.75 bits per heavy atom. The fourth-order valence-electron chi connectivity index (χ4n) is 4.67. The molecule has 2 aromatic carbocycles. The van der Waals surface area contributed by atoms with Crippen molar-refractivity contribution < 1.29 is 42.2 Å². The number of halogens is 3. The Balaban J connectivity index is 1.34. The highest BCUT2D eigenvalue weighted by molar-refractivity contribution is 8.00. The number of hydrogen-bond donors (Lipinski definition) is 3. The summed E-state index contributed by atoms with van der Waals surface area (Å²) in [6, 6.07) is 10.7. The number of carbonyl (C=O) groups is 4. The quantitative estimate of drug-likeness (QED) is 0.354. The van der Waals surface area contributed by atoms with Gasteiger partial charge in [-0.1, -0.05) is 47.4 Å². The van der Waals surface area contributed by atoms with Crippen LogP contribution in [0.3, 0.4) is 0 Å². The van der Waals surface area contributed by atoms with E-state index in [1.165, 1.54) is 24.3 Å². The van der Waals surface area contributed by atoms with E-state index in [2.05, 4.69) is 10.3 Å². The van der Waals surface area contributed by atoms with Crippen molar-refractivity contribution in [3.05, 3.63) is 74.2 Å². The number of aromatic nitrogens is 1. The van der Waals surface area contributed by atoms with Gasteiger partial charge in [-0.05, 0) is 29.8 Å². The van der Waals surface area contributed by atoms with Gasteiger partial charge in [-0.15, -0.1) is 0 Å². The summed E-state index contributed by atoms with van der Waals surface area (Å²) in [5.41, 5.74) is -0.858. The number of carbonyl (C=O) groups excluding carboxylic acids is 3. The van der Waals surface area contributed by atoms with Crippen LogP contribution >= 0.6 is 23.1 Å². The Labute approximate surface area is 231 Å². The average molecular weight is 594 g/mol. The number of aliphatic carboxylic acids is 1. The molecule has 0 bridgehead atoms. The molecule has 1 aromatic heterocycles. The number of H-pyrrole nitrogens is 1. The first-order valence-corrected chi connectivity index (χ1v) is 13.3. The number of alkyl halides is 3. The summed E-state index contributed by atoms with van der Waals surface area (Å²) in [7, 11) is 0. The average Bonchev–Trinajstić information content (AvgIpc) is 3.38. The number of anilines is 1. The molecule has 0 saturated carbocycles. The molecule has 3 N–H and O–H groups in total. The van der Waals surface area contributed by atoms with Crippen LogP contribution in [0.5, 0.6) is 5.75 Å². The maximum Gasteiger partial charge on any atom is 0.418 e. The Morgan fingerprint density at radius 3 is 2.42 bits per heavy atom. The molecular weight excluding hydrogens is 575 g/mol. The van der Waals surface area contributed by atoms with Crippen molar-refractivity contribution in [2.75, 3.05) is 18.5 Å². The van der Waals surface area contributed by atoms with Gasteiger partial charge in [-0.25, -0.2) is 0 Å². The van der Waals surface area contributed by atoms with Crippen molar-refractivity contribution in [2.45, 2.75) is 22.4 Å². The Bertz CT molecular complexity index is 1570. The Kier molecular flexibility index (Phi) is 7.18. The zero-order chi connectivity index (χ0) is 28.8. The third-order valence-electron chi connectivity index (χ3n) is 6.32. The molecule has 3 heterocycles. The van der Waals surface area contributed by atoms with E-state index in [1.807, 2.05) is 0 Å². The maximum atomic E-state index is 13.2. The fraction of sp³-hybridized carbons (Fsp3) is 0.240. The molecule has 0 spiro atoms. The SMILES string of the molecule is O=C(O)CN1C(=O)C2Sc3[nH]c(=O)sc3[C@H](c3ccc(OCC(=O)Nc4ccccc4C(F)(F)F)cc3)C2C1=O. The lowest BCUT2D eigenvalue weighted by Crippen LogP contribution is -2.36. The van der Waals surface area contributed by atoms with Gasteiger partial charge in [-0.3, -0.25) is 28.9 Å². The van der Waals surface area contributed by atoms with E-state index >= 15 is 0 Å². The van der Waals surface area contributed by atoms with E-state index in [0.717, 1.165) is 35.2 Å². The number of thioether (sulfide) groups is 1. The van der Waals surface area contributed by atoms with Crippen LogP contribution in [0.1, 0.15) is 21.9 Å². The standard InChI is InChI=1S/C25H18F3N3O7S2/c26-25(27,28)13-3-1-2-4-14(13)29-15(32)10-38-12-7-5-11(6-8-12)17-18-20(39-21-19(17)40-24(37)30-21)23(36)31(22(18)35)9-16(33)34/h1-8,17-18,20H,9-10H2,(H,29,32)(H,30,37)(H,33,34)/t17-,18?,20?/m1/s1. The second-order valence-electron chi connectivity index (χ2n) is 8.86. The maximum absolute atomic E-state index is 13.2. The monoisotopic (exact) mass is 593 g/mol. The number of likely N-dealkylation sites (tertiary alicyclic amines) is 1. The molecule has 2 aliphatic heterocycles. The zero-order valence-electron chi connectivity index (χ0n) is 20.1. The van der Waals surface area contributed by atoms with Gasteiger partial charge in [-0.2, -0.15) is 13.2 Å². The number of ether oxygens (including phenoxy) is 1. The van der Waals surface area contributed by atoms with Crippen LogP contribution in [0.15, 0.2) is 58.4 Å². The molecule has 3 atom stereocenters. The van der Waals surface area contributed by atoms with Crippen LogP contribution < -0.4 is 14.9 Å². The third-order valence-corrected chi connectivity index (χ3v) is 8.73. The smallest absolute Gasteiger partial charge is 0.418 e. The fourth-order valence-corrected chi connectivity index (χ4v) is 7.21. The molecule has 0 radical (unpaired) electrons. The van der Waals surface area contributed by atoms with Crippen LogP contribution in [0, 0.1) is 5.92 Å². The molecule has 1 fully saturated rings. The molecule has 208 valence electrons. The van der Waals surface area contributed by atoms with Gasteiger partial charge in [0.1, 0.15) is 17.5 Å². The van der Waals surface area contributed by atoms with E-state index in [4.69, 9.17) is 9.84 Å². The molecule has 3 aromatic rings. The first-order chi connectivity index (χ1) is 18.9. The first kappa shape index (κ1) is 27.5. The predicted molar refractivity (Wildman–Crippen MR) is 136 cm³/mol. The molecule has 15 heteroatoms. The van der Waals surface area contributed by atoms with E-state index in [1.54, 1.807) is 12.1 Å². The first-order valence-electron chi connectivity index (χ1n) is 11.6. The van der Waals surface area contributed by atoms with E-state index in [-0.39, 0.29) is 10.6 Å². The molecule has 5 rings (SSSR count). The summed E-state index contributed by atoms with van der Waals surface area (Å²) in [4.78, 5) is 65.2. The molecule has 1 saturated heterocycles. The van der Waals surface area contributed by atoms with Gasteiger partial charge in [0.05, 0.1) is 22.2 Å². The number of benzene rings is 2. The summed E-state index contributed by atoms with van der Waals surface area (Å²) < 4.78 is 44.9. The van der Waals surface area contributed by atoms with Gasteiger partial charge in [0, 0.05) is 10.8 Å². The van der Waals surface area contributed by atoms with E-state index < -0.39 is 71.4 Å². The largest absolute Gasteiger partial charge is 0.484 e. The van der Waals surface area contributed by atoms with Crippen molar-refractivity contribution in [3.8, 4) is 5.75 Å². The molecule has 2 aliphatic rings. The number of imide groups is 1. The highest BCUT2D eigenvalue weighted by atomic mass is 32.2. The van der Waals surface area contributed by atoms with Gasteiger partial charge >= 0.3 is 17.0 Å². The number of hydrogen-bond acceptors (Lipinski definition) is 8. The minimum Gasteiger partial charge on any atom is -0.484 e. The van der Waals surface area contributed by atoms with Crippen molar-refractivity contribution in [2.24, 2.45) is 5.92 Å². The summed E-state index contributed by atoms with van der Waals surface area (Å²) >= 11 is 1.91. The highest BCUT2D eigenvalue weighted by Crippen LogP contribution is 2.52. The number of fused-ring (bicyclic) bond motifs is 2. The van der Waals surface area contributed by atoms with E-state index in [0.29, 0.717) is 20.4 Å². The number of rotatable bonds is 7. The molecule has 40 heavy (non-hydrogen) atoms. The van der Waals surface area contributed by atoms with Crippen molar-refractivity contribution >= 4 is 52.5 Å². The molecule has 2 unspecified atom stereocenters. The second kappa shape index (κ2) is 10.5. The second-order valence-corrected chi connectivity index (χ2v) is 11.0. The lowest BCUT2D eigenvalue weighted by Gasteiger charge is -2.29. The number of amides is 3. The summed E-state index contributed by atoms with van der Waals surface area (Å²) in [6.07, 6.45) is -4.65. The van der Waals surface area contributed by atoms with Crippen LogP contribution in [-0.2, 0) is 25.4 Å². The third kappa shape index (κ3) is 5.21.